The Morgan fingerprint density at radius 1 is 0.870 bits per heavy atom. The predicted octanol–water partition coefficient (Wildman–Crippen LogP) is 5.13. The van der Waals surface area contributed by atoms with Crippen molar-refractivity contribution in [3.8, 4) is 0 Å². The van der Waals surface area contributed by atoms with Crippen LogP contribution in [0.15, 0.2) is 30.3 Å². The smallest absolute Gasteiger partial charge is 0.372 e. The molecule has 0 bridgehead atoms. The van der Waals surface area contributed by atoms with E-state index in [0.717, 1.165) is 37.3 Å². The Bertz CT molecular complexity index is 385. The molecule has 1 aromatic rings. The van der Waals surface area contributed by atoms with Gasteiger partial charge in [0.1, 0.15) is 5.73 Å². The van der Waals surface area contributed by atoms with Gasteiger partial charge in [-0.3, -0.25) is 0 Å². The van der Waals surface area contributed by atoms with Crippen molar-refractivity contribution in [1.29, 1.82) is 0 Å². The van der Waals surface area contributed by atoms with Crippen LogP contribution in [0.5, 0.6) is 0 Å². The zero-order valence-electron chi connectivity index (χ0n) is 15.1. The Labute approximate surface area is 143 Å². The quantitative estimate of drug-likeness (QED) is 0.400. The summed E-state index contributed by atoms with van der Waals surface area (Å²) in [6, 6.07) is 10.6. The molecule has 1 unspecified atom stereocenters. The minimum absolute atomic E-state index is 0.628. The largest absolute Gasteiger partial charge is 0.393 e. The Balaban J connectivity index is 2.78. The van der Waals surface area contributed by atoms with Crippen LogP contribution in [-0.2, 0) is 8.85 Å². The molecule has 0 saturated heterocycles. The molecule has 0 spiro atoms. The second kappa shape index (κ2) is 11.8. The number of aliphatic hydroxyl groups excluding tert-OH is 1. The maximum Gasteiger partial charge on any atom is 0.372 e. The summed E-state index contributed by atoms with van der Waals surface area (Å²) in [4.78, 5) is 0. The molecule has 1 N–H and O–H groups in total. The van der Waals surface area contributed by atoms with E-state index in [0.29, 0.717) is 13.2 Å². The summed E-state index contributed by atoms with van der Waals surface area (Å²) < 4.78 is 12.5. The molecule has 0 radical (unpaired) electrons. The molecule has 4 heteroatoms. The minimum atomic E-state index is -2.66. The lowest BCUT2D eigenvalue weighted by molar-refractivity contribution is 0.100. The van der Waals surface area contributed by atoms with E-state index >= 15 is 0 Å². The zero-order chi connectivity index (χ0) is 17.0. The molecule has 0 aromatic heterocycles. The summed E-state index contributed by atoms with van der Waals surface area (Å²) in [6.45, 7) is 7.82. The summed E-state index contributed by atoms with van der Waals surface area (Å²) in [6.07, 6.45) is 6.72. The summed E-state index contributed by atoms with van der Waals surface area (Å²) in [5.74, 6) is 0. The molecule has 0 aliphatic rings. The summed E-state index contributed by atoms with van der Waals surface area (Å²) >= 11 is 0. The Morgan fingerprint density at radius 2 is 1.39 bits per heavy atom. The van der Waals surface area contributed by atoms with Crippen LogP contribution in [0.1, 0.15) is 70.6 Å². The third-order valence-corrected chi connectivity index (χ3v) is 7.75. The first-order valence-corrected chi connectivity index (χ1v) is 11.3. The van der Waals surface area contributed by atoms with Crippen molar-refractivity contribution >= 4 is 8.56 Å². The van der Waals surface area contributed by atoms with Gasteiger partial charge in [-0.15, -0.1) is 0 Å². The van der Waals surface area contributed by atoms with E-state index in [4.69, 9.17) is 8.85 Å². The van der Waals surface area contributed by atoms with Gasteiger partial charge in [-0.25, -0.2) is 0 Å². The molecule has 0 fully saturated rings. The van der Waals surface area contributed by atoms with E-state index in [1.54, 1.807) is 0 Å². The Morgan fingerprint density at radius 3 is 1.83 bits per heavy atom. The molecule has 1 aromatic carbocycles. The number of hydrogen-bond acceptors (Lipinski definition) is 3. The number of aliphatic hydroxyl groups is 1. The van der Waals surface area contributed by atoms with E-state index < -0.39 is 14.3 Å². The van der Waals surface area contributed by atoms with Crippen LogP contribution < -0.4 is 0 Å². The number of rotatable bonds is 13. The fraction of sp³-hybridized carbons (Fsp3) is 0.684. The van der Waals surface area contributed by atoms with Crippen molar-refractivity contribution in [2.75, 3.05) is 13.2 Å². The van der Waals surface area contributed by atoms with E-state index in [2.05, 4.69) is 20.8 Å². The molecule has 132 valence electrons. The molecule has 1 atom stereocenters. The summed E-state index contributed by atoms with van der Waals surface area (Å²) in [5.41, 5.74) is 0.281. The Hall–Kier alpha value is -0.683. The standard InChI is InChI=1S/C19H34O3Si/c1-4-7-12-16-21-23(6-3,22-17-13-8-5-2)19(20)18-14-10-9-11-15-18/h9-11,14-15,19-20H,4-8,12-13,16-17H2,1-3H3. The average Bonchev–Trinajstić information content (AvgIpc) is 2.61. The first-order valence-electron chi connectivity index (χ1n) is 9.21. The summed E-state index contributed by atoms with van der Waals surface area (Å²) in [7, 11) is -2.66. The first kappa shape index (κ1) is 20.4. The fourth-order valence-corrected chi connectivity index (χ4v) is 5.55. The van der Waals surface area contributed by atoms with Crippen LogP contribution >= 0.6 is 0 Å². The predicted molar refractivity (Wildman–Crippen MR) is 98.6 cm³/mol. The van der Waals surface area contributed by atoms with Crippen LogP contribution in [0.4, 0.5) is 0 Å². The van der Waals surface area contributed by atoms with Gasteiger partial charge in [-0.2, -0.15) is 0 Å². The topological polar surface area (TPSA) is 38.7 Å². The second-order valence-electron chi connectivity index (χ2n) is 6.09. The third kappa shape index (κ3) is 6.75. The van der Waals surface area contributed by atoms with E-state index in [1.165, 1.54) is 12.8 Å². The maximum atomic E-state index is 11.0. The van der Waals surface area contributed by atoms with Crippen LogP contribution in [0.2, 0.25) is 6.04 Å². The molecule has 0 amide bonds. The van der Waals surface area contributed by atoms with Gasteiger partial charge in [0, 0.05) is 13.2 Å². The van der Waals surface area contributed by atoms with Gasteiger partial charge in [0.2, 0.25) is 0 Å². The molecule has 0 aliphatic carbocycles. The molecule has 1 rings (SSSR count). The highest BCUT2D eigenvalue weighted by Gasteiger charge is 2.44. The van der Waals surface area contributed by atoms with Crippen LogP contribution in [0, 0.1) is 0 Å². The van der Waals surface area contributed by atoms with Crippen molar-refractivity contribution < 1.29 is 14.0 Å². The first-order chi connectivity index (χ1) is 11.2. The SMILES string of the molecule is CCCCCO[Si](CC)(OCCCCC)C(O)c1ccccc1. The Kier molecular flexibility index (Phi) is 10.4. The monoisotopic (exact) mass is 338 g/mol. The minimum Gasteiger partial charge on any atom is -0.393 e. The highest BCUT2D eigenvalue weighted by atomic mass is 28.4. The van der Waals surface area contributed by atoms with Gasteiger partial charge in [-0.1, -0.05) is 76.8 Å². The van der Waals surface area contributed by atoms with Crippen molar-refractivity contribution in [3.63, 3.8) is 0 Å². The molecule has 0 aliphatic heterocycles. The molecule has 0 saturated carbocycles. The highest BCUT2D eigenvalue weighted by Crippen LogP contribution is 2.30. The van der Waals surface area contributed by atoms with Crippen LogP contribution in [0.3, 0.4) is 0 Å². The second-order valence-corrected chi connectivity index (χ2v) is 9.54. The van der Waals surface area contributed by atoms with E-state index in [-0.39, 0.29) is 0 Å². The van der Waals surface area contributed by atoms with Crippen molar-refractivity contribution in [1.82, 2.24) is 0 Å². The fourth-order valence-electron chi connectivity index (χ4n) is 2.68. The molecule has 3 nitrogen and oxygen atoms in total. The van der Waals surface area contributed by atoms with Gasteiger partial charge in [0.15, 0.2) is 0 Å². The number of unbranched alkanes of at least 4 members (excludes halogenated alkanes) is 4. The normalized spacial score (nSPS) is 13.2. The zero-order valence-corrected chi connectivity index (χ0v) is 16.1. The highest BCUT2D eigenvalue weighted by molar-refractivity contribution is 6.68. The van der Waals surface area contributed by atoms with Gasteiger partial charge < -0.3 is 14.0 Å². The lowest BCUT2D eigenvalue weighted by Crippen LogP contribution is -2.48. The van der Waals surface area contributed by atoms with E-state index in [1.807, 2.05) is 30.3 Å². The summed E-state index contributed by atoms with van der Waals surface area (Å²) in [5, 5.41) is 11.0. The van der Waals surface area contributed by atoms with Gasteiger partial charge in [0.25, 0.3) is 0 Å². The average molecular weight is 339 g/mol. The molecular weight excluding hydrogens is 304 g/mol. The van der Waals surface area contributed by atoms with Crippen molar-refractivity contribution in [3.05, 3.63) is 35.9 Å². The lowest BCUT2D eigenvalue weighted by atomic mass is 10.2. The van der Waals surface area contributed by atoms with E-state index in [9.17, 15) is 5.11 Å². The number of hydrogen-bond donors (Lipinski definition) is 1. The van der Waals surface area contributed by atoms with Crippen molar-refractivity contribution in [2.45, 2.75) is 71.1 Å². The molecular formula is C19H34O3Si. The van der Waals surface area contributed by atoms with Crippen LogP contribution in [-0.4, -0.2) is 26.9 Å². The van der Waals surface area contributed by atoms with Crippen LogP contribution in [0.25, 0.3) is 0 Å². The number of benzene rings is 1. The maximum absolute atomic E-state index is 11.0. The molecule has 23 heavy (non-hydrogen) atoms. The van der Waals surface area contributed by atoms with Gasteiger partial charge in [0.05, 0.1) is 0 Å². The van der Waals surface area contributed by atoms with Gasteiger partial charge >= 0.3 is 8.56 Å². The van der Waals surface area contributed by atoms with Crippen molar-refractivity contribution in [2.24, 2.45) is 0 Å². The lowest BCUT2D eigenvalue weighted by Gasteiger charge is -2.34. The van der Waals surface area contributed by atoms with Gasteiger partial charge in [-0.05, 0) is 24.4 Å². The molecule has 0 heterocycles. The third-order valence-electron chi connectivity index (χ3n) is 4.21.